The number of nitrogens with zero attached hydrogens (tertiary/aromatic N) is 2. The average Bonchev–Trinajstić information content (AvgIpc) is 2.88. The lowest BCUT2D eigenvalue weighted by Gasteiger charge is -2.33. The molecular formula is C24H29Cl2N3O6S. The Hall–Kier alpha value is -2.69. The molecule has 2 aromatic rings. The molecule has 2 aromatic carbocycles. The molecular weight excluding hydrogens is 529 g/mol. The number of nitrogens with one attached hydrogen (secondary N) is 1. The molecule has 0 spiro atoms. The van der Waals surface area contributed by atoms with E-state index in [2.05, 4.69) is 5.32 Å². The third kappa shape index (κ3) is 6.16. The maximum atomic E-state index is 13.7. The van der Waals surface area contributed by atoms with Crippen molar-refractivity contribution in [2.24, 2.45) is 0 Å². The zero-order valence-corrected chi connectivity index (χ0v) is 22.6. The number of rotatable bonds is 10. The van der Waals surface area contributed by atoms with Crippen molar-refractivity contribution in [1.29, 1.82) is 0 Å². The van der Waals surface area contributed by atoms with Crippen molar-refractivity contribution >= 4 is 50.7 Å². The molecule has 1 N–H and O–H groups in total. The second kappa shape index (κ2) is 12.0. The molecule has 1 heterocycles. The highest BCUT2D eigenvalue weighted by molar-refractivity contribution is 7.92. The molecule has 36 heavy (non-hydrogen) atoms. The molecule has 0 aromatic heterocycles. The molecule has 0 saturated carbocycles. The Balaban J connectivity index is 2.02. The molecule has 1 atom stereocenters. The Kier molecular flexibility index (Phi) is 9.32. The number of amides is 2. The van der Waals surface area contributed by atoms with E-state index >= 15 is 0 Å². The molecule has 0 saturated heterocycles. The molecule has 0 bridgehead atoms. The van der Waals surface area contributed by atoms with Gasteiger partial charge in [0.1, 0.15) is 25.8 Å². The van der Waals surface area contributed by atoms with Gasteiger partial charge in [-0.05, 0) is 37.6 Å². The molecule has 9 nitrogen and oxygen atoms in total. The van der Waals surface area contributed by atoms with Gasteiger partial charge in [-0.1, -0.05) is 36.2 Å². The zero-order chi connectivity index (χ0) is 26.5. The van der Waals surface area contributed by atoms with Crippen molar-refractivity contribution in [3.8, 4) is 11.5 Å². The van der Waals surface area contributed by atoms with Crippen molar-refractivity contribution in [2.75, 3.05) is 36.9 Å². The summed E-state index contributed by atoms with van der Waals surface area (Å²) in [4.78, 5) is 27.7. The second-order valence-electron chi connectivity index (χ2n) is 8.00. The van der Waals surface area contributed by atoms with Gasteiger partial charge in [0.25, 0.3) is 0 Å². The fourth-order valence-electron chi connectivity index (χ4n) is 3.85. The highest BCUT2D eigenvalue weighted by atomic mass is 35.5. The lowest BCUT2D eigenvalue weighted by atomic mass is 10.1. The Labute approximate surface area is 221 Å². The van der Waals surface area contributed by atoms with Crippen LogP contribution in [0.3, 0.4) is 0 Å². The minimum atomic E-state index is -3.88. The van der Waals surface area contributed by atoms with Crippen LogP contribution in [-0.2, 0) is 26.2 Å². The lowest BCUT2D eigenvalue weighted by Crippen LogP contribution is -2.52. The van der Waals surface area contributed by atoms with Crippen molar-refractivity contribution < 1.29 is 27.5 Å². The van der Waals surface area contributed by atoms with E-state index in [0.717, 1.165) is 4.31 Å². The minimum Gasteiger partial charge on any atom is -0.486 e. The zero-order valence-electron chi connectivity index (χ0n) is 20.3. The van der Waals surface area contributed by atoms with Crippen LogP contribution < -0.4 is 19.1 Å². The van der Waals surface area contributed by atoms with E-state index in [0.29, 0.717) is 40.3 Å². The van der Waals surface area contributed by atoms with E-state index in [4.69, 9.17) is 32.7 Å². The lowest BCUT2D eigenvalue weighted by molar-refractivity contribution is -0.140. The first-order valence-electron chi connectivity index (χ1n) is 11.5. The smallest absolute Gasteiger partial charge is 0.244 e. The van der Waals surface area contributed by atoms with Crippen LogP contribution in [0, 0.1) is 0 Å². The van der Waals surface area contributed by atoms with Crippen LogP contribution in [0.25, 0.3) is 0 Å². The number of anilines is 1. The SMILES string of the molecule is CC[C@@H](C(=O)NC)N(Cc1c(Cl)cccc1Cl)C(=O)CN(c1ccc2c(c1)OCCO2)S(=O)(=O)CC. The van der Waals surface area contributed by atoms with Crippen LogP contribution in [-0.4, -0.2) is 63.7 Å². The standard InChI is InChI=1S/C24H29Cl2N3O6S/c1-4-20(24(31)27-3)28(14-17-18(25)7-6-8-19(17)26)23(30)15-29(36(32,33)5-2)16-9-10-21-22(13-16)35-12-11-34-21/h6-10,13,20H,4-5,11-12,14-15H2,1-3H3,(H,27,31)/t20-/m0/s1. The Morgan fingerprint density at radius 3 is 2.28 bits per heavy atom. The summed E-state index contributed by atoms with van der Waals surface area (Å²) >= 11 is 12.7. The minimum absolute atomic E-state index is 0.0790. The first-order valence-corrected chi connectivity index (χ1v) is 13.8. The number of hydrogen-bond acceptors (Lipinski definition) is 6. The summed E-state index contributed by atoms with van der Waals surface area (Å²) in [6.45, 7) is 3.35. The van der Waals surface area contributed by atoms with Gasteiger partial charge in [0, 0.05) is 35.3 Å². The molecule has 0 unspecified atom stereocenters. The van der Waals surface area contributed by atoms with E-state index in [1.165, 1.54) is 24.9 Å². The molecule has 0 aliphatic carbocycles. The monoisotopic (exact) mass is 557 g/mol. The predicted octanol–water partition coefficient (Wildman–Crippen LogP) is 3.47. The van der Waals surface area contributed by atoms with Crippen LogP contribution in [0.5, 0.6) is 11.5 Å². The van der Waals surface area contributed by atoms with Gasteiger partial charge in [-0.3, -0.25) is 13.9 Å². The number of halogens is 2. The normalized spacial score (nSPS) is 13.6. The maximum Gasteiger partial charge on any atom is 0.244 e. The van der Waals surface area contributed by atoms with E-state index in [9.17, 15) is 18.0 Å². The number of sulfonamides is 1. The van der Waals surface area contributed by atoms with Crippen molar-refractivity contribution in [2.45, 2.75) is 32.9 Å². The first-order chi connectivity index (χ1) is 17.1. The van der Waals surface area contributed by atoms with E-state index in [1.807, 2.05) is 0 Å². The van der Waals surface area contributed by atoms with Crippen LogP contribution in [0.1, 0.15) is 25.8 Å². The Bertz CT molecular complexity index is 1200. The van der Waals surface area contributed by atoms with Crippen LogP contribution >= 0.6 is 23.2 Å². The molecule has 1 aliphatic rings. The molecule has 0 fully saturated rings. The summed E-state index contributed by atoms with van der Waals surface area (Å²) in [5, 5.41) is 3.23. The van der Waals surface area contributed by atoms with E-state index < -0.39 is 34.4 Å². The summed E-state index contributed by atoms with van der Waals surface area (Å²) in [5.41, 5.74) is 0.707. The van der Waals surface area contributed by atoms with Gasteiger partial charge in [0.05, 0.1) is 11.4 Å². The van der Waals surface area contributed by atoms with Gasteiger partial charge in [-0.25, -0.2) is 8.42 Å². The van der Waals surface area contributed by atoms with Crippen LogP contribution in [0.15, 0.2) is 36.4 Å². The third-order valence-corrected chi connectivity index (χ3v) is 8.26. The van der Waals surface area contributed by atoms with Crippen molar-refractivity contribution in [3.05, 3.63) is 52.0 Å². The summed E-state index contributed by atoms with van der Waals surface area (Å²) in [6.07, 6.45) is 0.290. The largest absolute Gasteiger partial charge is 0.486 e. The number of likely N-dealkylation sites (N-methyl/N-ethyl adjacent to an activating group) is 1. The molecule has 2 amide bonds. The number of fused-ring (bicyclic) bond motifs is 1. The van der Waals surface area contributed by atoms with E-state index in [-0.39, 0.29) is 24.4 Å². The number of hydrogen-bond donors (Lipinski definition) is 1. The number of carbonyl (C=O) groups excluding carboxylic acids is 2. The Morgan fingerprint density at radius 2 is 1.69 bits per heavy atom. The first kappa shape index (κ1) is 27.9. The van der Waals surface area contributed by atoms with Gasteiger partial charge >= 0.3 is 0 Å². The summed E-state index contributed by atoms with van der Waals surface area (Å²) in [6, 6.07) is 8.76. The highest BCUT2D eigenvalue weighted by Crippen LogP contribution is 2.35. The van der Waals surface area contributed by atoms with E-state index in [1.54, 1.807) is 37.3 Å². The average molecular weight is 558 g/mol. The quantitative estimate of drug-likeness (QED) is 0.479. The maximum absolute atomic E-state index is 13.7. The number of ether oxygens (including phenoxy) is 2. The van der Waals surface area contributed by atoms with Crippen LogP contribution in [0.2, 0.25) is 10.0 Å². The molecule has 0 radical (unpaired) electrons. The summed E-state index contributed by atoms with van der Waals surface area (Å²) in [7, 11) is -2.41. The second-order valence-corrected chi connectivity index (χ2v) is 11.0. The molecule has 3 rings (SSSR count). The fourth-order valence-corrected chi connectivity index (χ4v) is 5.42. The van der Waals surface area contributed by atoms with Gasteiger partial charge in [0.15, 0.2) is 11.5 Å². The van der Waals surface area contributed by atoms with Gasteiger partial charge in [0.2, 0.25) is 21.8 Å². The summed E-state index contributed by atoms with van der Waals surface area (Å²) < 4.78 is 38.3. The van der Waals surface area contributed by atoms with Crippen molar-refractivity contribution in [1.82, 2.24) is 10.2 Å². The number of carbonyl (C=O) groups is 2. The van der Waals surface area contributed by atoms with Crippen molar-refractivity contribution in [3.63, 3.8) is 0 Å². The Morgan fingerprint density at radius 1 is 1.06 bits per heavy atom. The molecule has 1 aliphatic heterocycles. The van der Waals surface area contributed by atoms with Gasteiger partial charge in [-0.2, -0.15) is 0 Å². The van der Waals surface area contributed by atoms with Gasteiger partial charge < -0.3 is 19.7 Å². The third-order valence-electron chi connectivity index (χ3n) is 5.82. The highest BCUT2D eigenvalue weighted by Gasteiger charge is 2.33. The van der Waals surface area contributed by atoms with Gasteiger partial charge in [-0.15, -0.1) is 0 Å². The topological polar surface area (TPSA) is 105 Å². The predicted molar refractivity (Wildman–Crippen MR) is 139 cm³/mol. The molecule has 196 valence electrons. The summed E-state index contributed by atoms with van der Waals surface area (Å²) in [5.74, 6) is -0.339. The fraction of sp³-hybridized carbons (Fsp3) is 0.417. The molecule has 12 heteroatoms. The number of benzene rings is 2. The van der Waals surface area contributed by atoms with Crippen LogP contribution in [0.4, 0.5) is 5.69 Å².